The summed E-state index contributed by atoms with van der Waals surface area (Å²) in [4.78, 5) is 11.1. The van der Waals surface area contributed by atoms with Crippen LogP contribution < -0.4 is 0 Å². The van der Waals surface area contributed by atoms with Gasteiger partial charge in [0.2, 0.25) is 10.0 Å². The van der Waals surface area contributed by atoms with Crippen LogP contribution in [0.4, 0.5) is 0 Å². The fourth-order valence-electron chi connectivity index (χ4n) is 2.82. The average molecular weight is 291 g/mol. The Morgan fingerprint density at radius 1 is 1.42 bits per heavy atom. The van der Waals surface area contributed by atoms with Crippen LogP contribution in [0, 0.1) is 11.8 Å². The highest BCUT2D eigenvalue weighted by atomic mass is 32.2. The second kappa shape index (κ2) is 5.76. The molecule has 110 valence electrons. The molecule has 0 aromatic carbocycles. The zero-order valence-corrected chi connectivity index (χ0v) is 11.9. The van der Waals surface area contributed by atoms with Gasteiger partial charge >= 0.3 is 5.97 Å². The first-order valence-electron chi connectivity index (χ1n) is 6.70. The van der Waals surface area contributed by atoms with Gasteiger partial charge in [-0.3, -0.25) is 4.79 Å². The first kappa shape index (κ1) is 14.7. The van der Waals surface area contributed by atoms with Gasteiger partial charge in [-0.25, -0.2) is 12.7 Å². The Kier molecular flexibility index (Phi) is 4.47. The summed E-state index contributed by atoms with van der Waals surface area (Å²) in [6.45, 7) is 3.02. The minimum Gasteiger partial charge on any atom is -0.481 e. The molecular weight excluding hydrogens is 270 g/mol. The number of ether oxygens (including phenoxy) is 1. The van der Waals surface area contributed by atoms with E-state index in [2.05, 4.69) is 0 Å². The molecule has 3 unspecified atom stereocenters. The van der Waals surface area contributed by atoms with Crippen LogP contribution in [0.1, 0.15) is 26.2 Å². The van der Waals surface area contributed by atoms with Gasteiger partial charge in [0.05, 0.1) is 17.8 Å². The van der Waals surface area contributed by atoms with Crippen LogP contribution in [0.5, 0.6) is 0 Å². The van der Waals surface area contributed by atoms with E-state index >= 15 is 0 Å². The molecule has 7 heteroatoms. The summed E-state index contributed by atoms with van der Waals surface area (Å²) in [6.07, 6.45) is 1.98. The number of piperidine rings is 1. The molecule has 2 saturated heterocycles. The number of hydrogen-bond donors (Lipinski definition) is 1. The zero-order chi connectivity index (χ0) is 14.0. The Bertz CT molecular complexity index is 429. The van der Waals surface area contributed by atoms with Gasteiger partial charge in [0.25, 0.3) is 0 Å². The third-order valence-electron chi connectivity index (χ3n) is 3.79. The zero-order valence-electron chi connectivity index (χ0n) is 11.1. The quantitative estimate of drug-likeness (QED) is 0.817. The molecule has 0 bridgehead atoms. The van der Waals surface area contributed by atoms with Crippen molar-refractivity contribution in [3.8, 4) is 0 Å². The van der Waals surface area contributed by atoms with Crippen LogP contribution in [0.2, 0.25) is 0 Å². The summed E-state index contributed by atoms with van der Waals surface area (Å²) >= 11 is 0. The molecule has 0 aromatic rings. The van der Waals surface area contributed by atoms with Crippen LogP contribution in [0.25, 0.3) is 0 Å². The van der Waals surface area contributed by atoms with E-state index in [1.807, 2.05) is 6.92 Å². The van der Waals surface area contributed by atoms with Gasteiger partial charge in [-0.1, -0.05) is 6.92 Å². The summed E-state index contributed by atoms with van der Waals surface area (Å²) in [5.74, 6) is -1.45. The van der Waals surface area contributed by atoms with Gasteiger partial charge in [0.15, 0.2) is 0 Å². The van der Waals surface area contributed by atoms with Crippen molar-refractivity contribution in [2.24, 2.45) is 11.8 Å². The number of sulfonamides is 1. The van der Waals surface area contributed by atoms with Crippen molar-refractivity contribution in [1.82, 2.24) is 4.31 Å². The predicted octanol–water partition coefficient (Wildman–Crippen LogP) is 0.538. The van der Waals surface area contributed by atoms with E-state index in [0.717, 1.165) is 12.8 Å². The standard InChI is InChI=1S/C12H21NO5S/c1-9-5-10(12(14)15)7-13(6-9)19(16,17)8-11-3-2-4-18-11/h9-11H,2-8H2,1H3,(H,14,15). The molecule has 0 aliphatic carbocycles. The van der Waals surface area contributed by atoms with Crippen molar-refractivity contribution in [2.45, 2.75) is 32.3 Å². The van der Waals surface area contributed by atoms with Crippen molar-refractivity contribution in [1.29, 1.82) is 0 Å². The summed E-state index contributed by atoms with van der Waals surface area (Å²) in [5, 5.41) is 9.08. The highest BCUT2D eigenvalue weighted by Gasteiger charge is 2.36. The highest BCUT2D eigenvalue weighted by Crippen LogP contribution is 2.25. The maximum absolute atomic E-state index is 12.3. The van der Waals surface area contributed by atoms with E-state index in [1.165, 1.54) is 4.31 Å². The fraction of sp³-hybridized carbons (Fsp3) is 0.917. The molecule has 3 atom stereocenters. The van der Waals surface area contributed by atoms with E-state index in [1.54, 1.807) is 0 Å². The highest BCUT2D eigenvalue weighted by molar-refractivity contribution is 7.89. The molecule has 2 fully saturated rings. The van der Waals surface area contributed by atoms with E-state index < -0.39 is 21.9 Å². The lowest BCUT2D eigenvalue weighted by Gasteiger charge is -2.34. The van der Waals surface area contributed by atoms with E-state index in [0.29, 0.717) is 19.6 Å². The van der Waals surface area contributed by atoms with Gasteiger partial charge in [0, 0.05) is 19.7 Å². The van der Waals surface area contributed by atoms with Crippen molar-refractivity contribution < 1.29 is 23.1 Å². The first-order valence-corrected chi connectivity index (χ1v) is 8.31. The second-order valence-corrected chi connectivity index (χ2v) is 7.62. The third-order valence-corrected chi connectivity index (χ3v) is 5.67. The number of carbonyl (C=O) groups is 1. The number of carboxylic acid groups (broad SMARTS) is 1. The Morgan fingerprint density at radius 2 is 2.16 bits per heavy atom. The predicted molar refractivity (Wildman–Crippen MR) is 69.2 cm³/mol. The topological polar surface area (TPSA) is 83.9 Å². The minimum absolute atomic E-state index is 0.0218. The van der Waals surface area contributed by atoms with Crippen LogP contribution >= 0.6 is 0 Å². The molecule has 2 heterocycles. The lowest BCUT2D eigenvalue weighted by Crippen LogP contribution is -2.47. The molecule has 2 aliphatic rings. The molecule has 0 radical (unpaired) electrons. The number of nitrogens with zero attached hydrogens (tertiary/aromatic N) is 1. The third kappa shape index (κ3) is 3.67. The summed E-state index contributed by atoms with van der Waals surface area (Å²) in [7, 11) is -3.42. The second-order valence-electron chi connectivity index (χ2n) is 5.61. The smallest absolute Gasteiger partial charge is 0.307 e. The molecule has 2 aliphatic heterocycles. The van der Waals surface area contributed by atoms with Gasteiger partial charge < -0.3 is 9.84 Å². The number of hydrogen-bond acceptors (Lipinski definition) is 4. The lowest BCUT2D eigenvalue weighted by molar-refractivity contribution is -0.143. The number of aliphatic carboxylic acids is 1. The number of carboxylic acids is 1. The Labute approximate surface area is 113 Å². The largest absolute Gasteiger partial charge is 0.481 e. The normalized spacial score (nSPS) is 33.4. The summed E-state index contributed by atoms with van der Waals surface area (Å²) < 4.78 is 31.3. The van der Waals surface area contributed by atoms with Crippen molar-refractivity contribution in [3.63, 3.8) is 0 Å². The molecule has 0 saturated carbocycles. The van der Waals surface area contributed by atoms with E-state index in [4.69, 9.17) is 9.84 Å². The minimum atomic E-state index is -3.42. The van der Waals surface area contributed by atoms with Crippen molar-refractivity contribution in [3.05, 3.63) is 0 Å². The van der Waals surface area contributed by atoms with Crippen LogP contribution in [0.15, 0.2) is 0 Å². The lowest BCUT2D eigenvalue weighted by atomic mass is 9.92. The van der Waals surface area contributed by atoms with Crippen molar-refractivity contribution in [2.75, 3.05) is 25.4 Å². The molecule has 2 rings (SSSR count). The van der Waals surface area contributed by atoms with E-state index in [-0.39, 0.29) is 24.3 Å². The SMILES string of the molecule is CC1CC(C(=O)O)CN(S(=O)(=O)CC2CCCO2)C1. The Morgan fingerprint density at radius 3 is 2.74 bits per heavy atom. The average Bonchev–Trinajstić information content (AvgIpc) is 2.80. The van der Waals surface area contributed by atoms with Gasteiger partial charge in [-0.15, -0.1) is 0 Å². The van der Waals surface area contributed by atoms with E-state index in [9.17, 15) is 13.2 Å². The summed E-state index contributed by atoms with van der Waals surface area (Å²) in [6, 6.07) is 0. The number of rotatable bonds is 4. The van der Waals surface area contributed by atoms with Crippen LogP contribution in [0.3, 0.4) is 0 Å². The van der Waals surface area contributed by atoms with Crippen LogP contribution in [-0.4, -0.2) is 55.4 Å². The molecular formula is C12H21NO5S. The molecule has 1 N–H and O–H groups in total. The molecule has 0 aromatic heterocycles. The molecule has 6 nitrogen and oxygen atoms in total. The Hall–Kier alpha value is -0.660. The first-order chi connectivity index (χ1) is 8.88. The molecule has 19 heavy (non-hydrogen) atoms. The monoisotopic (exact) mass is 291 g/mol. The van der Waals surface area contributed by atoms with Gasteiger partial charge in [0.1, 0.15) is 0 Å². The van der Waals surface area contributed by atoms with Crippen LogP contribution in [-0.2, 0) is 19.6 Å². The molecule has 0 spiro atoms. The summed E-state index contributed by atoms with van der Waals surface area (Å²) in [5.41, 5.74) is 0. The Balaban J connectivity index is 2.03. The molecule has 0 amide bonds. The van der Waals surface area contributed by atoms with Crippen molar-refractivity contribution >= 4 is 16.0 Å². The fourth-order valence-corrected chi connectivity index (χ4v) is 4.66. The van der Waals surface area contributed by atoms with Gasteiger partial charge in [-0.05, 0) is 25.2 Å². The maximum Gasteiger partial charge on any atom is 0.307 e. The maximum atomic E-state index is 12.3. The van der Waals surface area contributed by atoms with Gasteiger partial charge in [-0.2, -0.15) is 0 Å².